The van der Waals surface area contributed by atoms with Crippen LogP contribution in [-0.4, -0.2) is 11.5 Å². The number of para-hydroxylation sites is 1. The Morgan fingerprint density at radius 3 is 2.77 bits per heavy atom. The number of furan rings is 1. The molecule has 2 aromatic rings. The molecule has 2 aliphatic rings. The van der Waals surface area contributed by atoms with E-state index < -0.39 is 5.92 Å². The second-order valence-electron chi connectivity index (χ2n) is 7.64. The number of hydrogen-bond acceptors (Lipinski definition) is 6. The SMILES string of the molecule is CCSc1oc(C)cc1C1C(C#N)=C(N)N(c2ccccc2C)C2=C1C(=O)CCC2. The Kier molecular flexibility index (Phi) is 5.48. The lowest BCUT2D eigenvalue weighted by atomic mass is 9.76. The second-order valence-corrected chi connectivity index (χ2v) is 8.87. The maximum absolute atomic E-state index is 13.2. The van der Waals surface area contributed by atoms with Crippen molar-refractivity contribution in [2.45, 2.75) is 51.0 Å². The molecule has 6 heteroatoms. The third-order valence-corrected chi connectivity index (χ3v) is 6.57. The quantitative estimate of drug-likeness (QED) is 0.676. The van der Waals surface area contributed by atoms with Crippen LogP contribution in [0, 0.1) is 25.2 Å². The number of aryl methyl sites for hydroxylation is 2. The first-order valence-corrected chi connectivity index (χ1v) is 11.2. The third kappa shape index (κ3) is 3.23. The molecule has 1 atom stereocenters. The number of thioether (sulfide) groups is 1. The molecule has 1 aromatic heterocycles. The zero-order valence-corrected chi connectivity index (χ0v) is 18.3. The number of carbonyl (C=O) groups is 1. The van der Waals surface area contributed by atoms with Crippen LogP contribution in [0.1, 0.15) is 49.0 Å². The van der Waals surface area contributed by atoms with Crippen molar-refractivity contribution in [3.05, 3.63) is 69.9 Å². The number of benzene rings is 1. The van der Waals surface area contributed by atoms with Gasteiger partial charge in [-0.3, -0.25) is 9.69 Å². The minimum Gasteiger partial charge on any atom is -0.455 e. The van der Waals surface area contributed by atoms with Gasteiger partial charge in [0.25, 0.3) is 0 Å². The summed E-state index contributed by atoms with van der Waals surface area (Å²) in [5.74, 6) is 1.61. The van der Waals surface area contributed by atoms with E-state index in [2.05, 4.69) is 13.0 Å². The van der Waals surface area contributed by atoms with Crippen LogP contribution in [-0.2, 0) is 4.79 Å². The first kappa shape index (κ1) is 20.4. The van der Waals surface area contributed by atoms with Gasteiger partial charge in [0.15, 0.2) is 10.9 Å². The Balaban J connectivity index is 1.99. The average molecular weight is 420 g/mol. The lowest BCUT2D eigenvalue weighted by molar-refractivity contribution is -0.116. The normalized spacial score (nSPS) is 19.2. The number of rotatable bonds is 4. The lowest BCUT2D eigenvalue weighted by Crippen LogP contribution is -2.39. The number of anilines is 1. The van der Waals surface area contributed by atoms with Gasteiger partial charge < -0.3 is 10.2 Å². The van der Waals surface area contributed by atoms with Gasteiger partial charge in [-0.2, -0.15) is 5.26 Å². The second kappa shape index (κ2) is 8.08. The maximum Gasteiger partial charge on any atom is 0.164 e. The molecule has 2 N–H and O–H groups in total. The van der Waals surface area contributed by atoms with Crippen LogP contribution in [0.2, 0.25) is 0 Å². The molecule has 0 saturated carbocycles. The van der Waals surface area contributed by atoms with Gasteiger partial charge in [0, 0.05) is 23.3 Å². The molecule has 2 heterocycles. The van der Waals surface area contributed by atoms with E-state index in [9.17, 15) is 10.1 Å². The molecular weight excluding hydrogens is 394 g/mol. The molecule has 1 aliphatic heterocycles. The summed E-state index contributed by atoms with van der Waals surface area (Å²) >= 11 is 1.58. The summed E-state index contributed by atoms with van der Waals surface area (Å²) in [7, 11) is 0. The average Bonchev–Trinajstić information content (AvgIpc) is 3.08. The highest BCUT2D eigenvalue weighted by Gasteiger charge is 2.42. The van der Waals surface area contributed by atoms with Gasteiger partial charge in [-0.05, 0) is 50.1 Å². The van der Waals surface area contributed by atoms with Gasteiger partial charge in [0.05, 0.1) is 23.2 Å². The third-order valence-electron chi connectivity index (χ3n) is 5.70. The van der Waals surface area contributed by atoms with E-state index in [0.717, 1.165) is 52.0 Å². The van der Waals surface area contributed by atoms with Gasteiger partial charge in [-0.1, -0.05) is 36.9 Å². The van der Waals surface area contributed by atoms with Crippen LogP contribution >= 0.6 is 11.8 Å². The number of allylic oxidation sites excluding steroid dienone is 3. The van der Waals surface area contributed by atoms with Gasteiger partial charge in [0.2, 0.25) is 0 Å². The van der Waals surface area contributed by atoms with Crippen LogP contribution in [0.25, 0.3) is 0 Å². The highest BCUT2D eigenvalue weighted by molar-refractivity contribution is 7.99. The number of nitrogens with two attached hydrogens (primary N) is 1. The maximum atomic E-state index is 13.2. The van der Waals surface area contributed by atoms with Crippen molar-refractivity contribution in [3.8, 4) is 6.07 Å². The van der Waals surface area contributed by atoms with Crippen LogP contribution in [0.5, 0.6) is 0 Å². The summed E-state index contributed by atoms with van der Waals surface area (Å²) in [5.41, 5.74) is 11.5. The van der Waals surface area contributed by atoms with Crippen molar-refractivity contribution in [1.29, 1.82) is 5.26 Å². The molecule has 0 fully saturated rings. The van der Waals surface area contributed by atoms with E-state index in [4.69, 9.17) is 10.2 Å². The molecule has 1 aromatic carbocycles. The summed E-state index contributed by atoms with van der Waals surface area (Å²) < 4.78 is 5.92. The Labute approximate surface area is 181 Å². The highest BCUT2D eigenvalue weighted by Crippen LogP contribution is 2.49. The monoisotopic (exact) mass is 419 g/mol. The zero-order valence-electron chi connectivity index (χ0n) is 17.5. The molecular formula is C24H25N3O2S. The van der Waals surface area contributed by atoms with Crippen molar-refractivity contribution < 1.29 is 9.21 Å². The van der Waals surface area contributed by atoms with Crippen molar-refractivity contribution in [2.24, 2.45) is 5.73 Å². The topological polar surface area (TPSA) is 83.3 Å². The molecule has 0 spiro atoms. The van der Waals surface area contributed by atoms with Crippen molar-refractivity contribution in [3.63, 3.8) is 0 Å². The molecule has 0 radical (unpaired) electrons. The molecule has 0 amide bonds. The minimum atomic E-state index is -0.482. The molecule has 0 bridgehead atoms. The van der Waals surface area contributed by atoms with Gasteiger partial charge in [-0.15, -0.1) is 0 Å². The molecule has 1 unspecified atom stereocenters. The minimum absolute atomic E-state index is 0.0892. The summed E-state index contributed by atoms with van der Waals surface area (Å²) in [6, 6.07) is 12.2. The molecule has 1 aliphatic carbocycles. The number of carbonyl (C=O) groups excluding carboxylic acids is 1. The largest absolute Gasteiger partial charge is 0.455 e. The Hall–Kier alpha value is -2.91. The number of ketones is 1. The van der Waals surface area contributed by atoms with E-state index >= 15 is 0 Å². The fourth-order valence-corrected chi connectivity index (χ4v) is 5.24. The van der Waals surface area contributed by atoms with Crippen LogP contribution in [0.3, 0.4) is 0 Å². The Morgan fingerprint density at radius 2 is 2.07 bits per heavy atom. The summed E-state index contributed by atoms with van der Waals surface area (Å²) in [6.07, 6.45) is 2.02. The summed E-state index contributed by atoms with van der Waals surface area (Å²) in [4.78, 5) is 15.2. The smallest absolute Gasteiger partial charge is 0.164 e. The number of Topliss-reactive ketones (excluding diaryl/α,β-unsaturated/α-hetero) is 1. The highest BCUT2D eigenvalue weighted by atomic mass is 32.2. The van der Waals surface area contributed by atoms with Gasteiger partial charge >= 0.3 is 0 Å². The molecule has 30 heavy (non-hydrogen) atoms. The van der Waals surface area contributed by atoms with Gasteiger partial charge in [0.1, 0.15) is 11.6 Å². The standard InChI is InChI=1S/C24H25N3O2S/c1-4-30-24-16(12-15(3)29-24)21-17(13-25)23(26)27(18-9-6-5-8-14(18)2)19-10-7-11-20(28)22(19)21/h5-6,8-9,12,21H,4,7,10-11,26H2,1-3H3. The predicted molar refractivity (Wildman–Crippen MR) is 119 cm³/mol. The van der Waals surface area contributed by atoms with Crippen LogP contribution in [0.15, 0.2) is 62.5 Å². The molecule has 0 saturated heterocycles. The summed E-state index contributed by atoms with van der Waals surface area (Å²) in [5, 5.41) is 10.9. The Morgan fingerprint density at radius 1 is 1.30 bits per heavy atom. The number of nitrogens with zero attached hydrogens (tertiary/aromatic N) is 2. The van der Waals surface area contributed by atoms with E-state index in [1.165, 1.54) is 0 Å². The number of hydrogen-bond donors (Lipinski definition) is 1. The van der Waals surface area contributed by atoms with Crippen LogP contribution < -0.4 is 10.6 Å². The van der Waals surface area contributed by atoms with E-state index in [0.29, 0.717) is 23.4 Å². The molecule has 5 nitrogen and oxygen atoms in total. The molecule has 154 valence electrons. The summed E-state index contributed by atoms with van der Waals surface area (Å²) in [6.45, 7) is 5.96. The lowest BCUT2D eigenvalue weighted by Gasteiger charge is -2.40. The van der Waals surface area contributed by atoms with E-state index in [-0.39, 0.29) is 5.78 Å². The van der Waals surface area contributed by atoms with Gasteiger partial charge in [-0.25, -0.2) is 0 Å². The van der Waals surface area contributed by atoms with Crippen molar-refractivity contribution in [1.82, 2.24) is 0 Å². The first-order chi connectivity index (χ1) is 14.5. The Bertz CT molecular complexity index is 1120. The fraction of sp³-hybridized carbons (Fsp3) is 0.333. The fourth-order valence-electron chi connectivity index (χ4n) is 4.44. The predicted octanol–water partition coefficient (Wildman–Crippen LogP) is 5.31. The van der Waals surface area contributed by atoms with E-state index in [1.807, 2.05) is 49.1 Å². The number of nitriles is 1. The zero-order chi connectivity index (χ0) is 21.4. The van der Waals surface area contributed by atoms with E-state index in [1.54, 1.807) is 11.8 Å². The van der Waals surface area contributed by atoms with Crippen LogP contribution in [0.4, 0.5) is 5.69 Å². The van der Waals surface area contributed by atoms with Crippen molar-refractivity contribution in [2.75, 3.05) is 10.7 Å². The molecule has 4 rings (SSSR count). The van der Waals surface area contributed by atoms with Crippen molar-refractivity contribution >= 4 is 23.2 Å². The first-order valence-electron chi connectivity index (χ1n) is 10.2.